The van der Waals surface area contributed by atoms with Crippen molar-refractivity contribution >= 4 is 46.6 Å². The highest BCUT2D eigenvalue weighted by Crippen LogP contribution is 2.18. The summed E-state index contributed by atoms with van der Waals surface area (Å²) in [6, 6.07) is 14.5. The summed E-state index contributed by atoms with van der Waals surface area (Å²) < 4.78 is 11.4. The molecule has 0 atom stereocenters. The van der Waals surface area contributed by atoms with E-state index in [1.165, 1.54) is 7.11 Å². The molecule has 1 saturated heterocycles. The SMILES string of the molecule is COC(=O)CN1C(=O)NC(=Cc2ccc(OCc3ccc(I)cc3)cc2)C1=O. The molecule has 3 rings (SSSR count). The molecule has 2 aromatic rings. The van der Waals surface area contributed by atoms with Gasteiger partial charge < -0.3 is 14.8 Å². The van der Waals surface area contributed by atoms with Crippen molar-refractivity contribution in [1.29, 1.82) is 0 Å². The van der Waals surface area contributed by atoms with E-state index in [0.29, 0.717) is 17.9 Å². The van der Waals surface area contributed by atoms with E-state index < -0.39 is 24.5 Å². The molecule has 0 spiro atoms. The first-order chi connectivity index (χ1) is 13.5. The number of hydrogen-bond acceptors (Lipinski definition) is 5. The Bertz CT molecular complexity index is 923. The molecule has 0 aliphatic carbocycles. The molecule has 1 aliphatic heterocycles. The Balaban J connectivity index is 1.63. The molecule has 1 aliphatic rings. The second-order valence-electron chi connectivity index (χ2n) is 5.94. The van der Waals surface area contributed by atoms with Crippen LogP contribution in [0.3, 0.4) is 0 Å². The average Bonchev–Trinajstić information content (AvgIpc) is 2.96. The summed E-state index contributed by atoms with van der Waals surface area (Å²) in [5.74, 6) is -0.552. The molecule has 2 aromatic carbocycles. The standard InChI is InChI=1S/C20H17IN2O5/c1-27-18(24)11-23-19(25)17(22-20(23)26)10-13-4-8-16(9-5-13)28-12-14-2-6-15(21)7-3-14/h2-10H,11-12H2,1H3,(H,22,26). The molecule has 1 fully saturated rings. The van der Waals surface area contributed by atoms with E-state index in [4.69, 9.17) is 4.74 Å². The number of nitrogens with zero attached hydrogens (tertiary/aromatic N) is 1. The van der Waals surface area contributed by atoms with Crippen molar-refractivity contribution in [2.45, 2.75) is 6.61 Å². The Morgan fingerprint density at radius 2 is 1.79 bits per heavy atom. The Morgan fingerprint density at radius 1 is 1.11 bits per heavy atom. The highest BCUT2D eigenvalue weighted by atomic mass is 127. The first kappa shape index (κ1) is 19.9. The number of methoxy groups -OCH3 is 1. The van der Waals surface area contributed by atoms with Crippen LogP contribution in [-0.2, 0) is 20.9 Å². The first-order valence-corrected chi connectivity index (χ1v) is 9.43. The molecule has 3 amide bonds. The summed E-state index contributed by atoms with van der Waals surface area (Å²) in [6.45, 7) is 0.0260. The molecule has 7 nitrogen and oxygen atoms in total. The summed E-state index contributed by atoms with van der Waals surface area (Å²) in [7, 11) is 1.19. The van der Waals surface area contributed by atoms with Gasteiger partial charge in [-0.25, -0.2) is 9.69 Å². The normalized spacial score (nSPS) is 14.9. The number of carbonyl (C=O) groups is 3. The van der Waals surface area contributed by atoms with Crippen molar-refractivity contribution in [2.24, 2.45) is 0 Å². The number of nitrogens with one attached hydrogen (secondary N) is 1. The van der Waals surface area contributed by atoms with Crippen LogP contribution in [0.4, 0.5) is 4.79 Å². The van der Waals surface area contributed by atoms with Crippen LogP contribution in [0.25, 0.3) is 6.08 Å². The summed E-state index contributed by atoms with van der Waals surface area (Å²) in [5, 5.41) is 2.46. The Kier molecular flexibility index (Phi) is 6.30. The van der Waals surface area contributed by atoms with E-state index in [0.717, 1.165) is 14.0 Å². The summed E-state index contributed by atoms with van der Waals surface area (Å²) in [6.07, 6.45) is 1.54. The largest absolute Gasteiger partial charge is 0.489 e. The van der Waals surface area contributed by atoms with Gasteiger partial charge in [0.05, 0.1) is 7.11 Å². The van der Waals surface area contributed by atoms with Crippen molar-refractivity contribution in [3.05, 3.63) is 68.9 Å². The first-order valence-electron chi connectivity index (χ1n) is 8.35. The van der Waals surface area contributed by atoms with Gasteiger partial charge in [-0.15, -0.1) is 0 Å². The third-order valence-electron chi connectivity index (χ3n) is 3.99. The molecule has 1 N–H and O–H groups in total. The minimum absolute atomic E-state index is 0.0986. The second kappa shape index (κ2) is 8.87. The third-order valence-corrected chi connectivity index (χ3v) is 4.71. The average molecular weight is 492 g/mol. The molecule has 144 valence electrons. The molecule has 1 heterocycles. The van der Waals surface area contributed by atoms with Crippen LogP contribution in [0.15, 0.2) is 54.2 Å². The van der Waals surface area contributed by atoms with E-state index in [1.54, 1.807) is 30.3 Å². The number of hydrogen-bond donors (Lipinski definition) is 1. The van der Waals surface area contributed by atoms with Gasteiger partial charge in [0.15, 0.2) is 0 Å². The van der Waals surface area contributed by atoms with Gasteiger partial charge >= 0.3 is 12.0 Å². The number of halogens is 1. The lowest BCUT2D eigenvalue weighted by atomic mass is 10.2. The molecular weight excluding hydrogens is 475 g/mol. The zero-order valence-electron chi connectivity index (χ0n) is 15.0. The zero-order chi connectivity index (χ0) is 20.1. The predicted molar refractivity (Wildman–Crippen MR) is 110 cm³/mol. The smallest absolute Gasteiger partial charge is 0.329 e. The molecule has 0 unspecified atom stereocenters. The van der Waals surface area contributed by atoms with Crippen molar-refractivity contribution in [3.8, 4) is 5.75 Å². The van der Waals surface area contributed by atoms with Crippen LogP contribution in [0, 0.1) is 3.57 Å². The maximum Gasteiger partial charge on any atom is 0.329 e. The molecule has 28 heavy (non-hydrogen) atoms. The zero-order valence-corrected chi connectivity index (χ0v) is 17.1. The molecular formula is C20H17IN2O5. The topological polar surface area (TPSA) is 84.9 Å². The number of carbonyl (C=O) groups excluding carboxylic acids is 3. The van der Waals surface area contributed by atoms with Crippen LogP contribution in [0.2, 0.25) is 0 Å². The summed E-state index contributed by atoms with van der Waals surface area (Å²) in [5.41, 5.74) is 1.88. The minimum atomic E-state index is -0.667. The number of rotatable bonds is 6. The van der Waals surface area contributed by atoms with Crippen LogP contribution < -0.4 is 10.1 Å². The van der Waals surface area contributed by atoms with Gasteiger partial charge in [0.1, 0.15) is 24.6 Å². The number of urea groups is 1. The van der Waals surface area contributed by atoms with Crippen molar-refractivity contribution < 1.29 is 23.9 Å². The number of amides is 3. The van der Waals surface area contributed by atoms with Gasteiger partial charge in [0.2, 0.25) is 0 Å². The highest BCUT2D eigenvalue weighted by Gasteiger charge is 2.35. The number of benzene rings is 2. The van der Waals surface area contributed by atoms with Gasteiger partial charge in [-0.3, -0.25) is 9.59 Å². The lowest BCUT2D eigenvalue weighted by Crippen LogP contribution is -2.36. The monoisotopic (exact) mass is 492 g/mol. The predicted octanol–water partition coefficient (Wildman–Crippen LogP) is 2.94. The molecule has 0 aromatic heterocycles. The van der Waals surface area contributed by atoms with Crippen LogP contribution in [0.1, 0.15) is 11.1 Å². The molecule has 0 radical (unpaired) electrons. The van der Waals surface area contributed by atoms with Gasteiger partial charge in [-0.1, -0.05) is 24.3 Å². The van der Waals surface area contributed by atoms with E-state index in [1.807, 2.05) is 24.3 Å². The van der Waals surface area contributed by atoms with Gasteiger partial charge in [-0.2, -0.15) is 0 Å². The molecule has 0 saturated carbocycles. The lowest BCUT2D eigenvalue weighted by Gasteiger charge is -2.09. The fourth-order valence-electron chi connectivity index (χ4n) is 2.48. The maximum absolute atomic E-state index is 12.3. The second-order valence-corrected chi connectivity index (χ2v) is 7.19. The van der Waals surface area contributed by atoms with Crippen LogP contribution in [0.5, 0.6) is 5.75 Å². The van der Waals surface area contributed by atoms with Crippen LogP contribution >= 0.6 is 22.6 Å². The van der Waals surface area contributed by atoms with E-state index in [2.05, 4.69) is 32.6 Å². The fourth-order valence-corrected chi connectivity index (χ4v) is 2.84. The quantitative estimate of drug-likeness (QED) is 0.290. The Morgan fingerprint density at radius 3 is 2.43 bits per heavy atom. The van der Waals surface area contributed by atoms with E-state index >= 15 is 0 Å². The lowest BCUT2D eigenvalue weighted by molar-refractivity contribution is -0.143. The highest BCUT2D eigenvalue weighted by molar-refractivity contribution is 14.1. The summed E-state index contributed by atoms with van der Waals surface area (Å²) >= 11 is 2.25. The van der Waals surface area contributed by atoms with Crippen molar-refractivity contribution in [3.63, 3.8) is 0 Å². The Labute approximate surface area is 175 Å². The van der Waals surface area contributed by atoms with E-state index in [-0.39, 0.29) is 5.70 Å². The third kappa shape index (κ3) is 4.89. The fraction of sp³-hybridized carbons (Fsp3) is 0.150. The van der Waals surface area contributed by atoms with Gasteiger partial charge in [0, 0.05) is 3.57 Å². The molecule has 0 bridgehead atoms. The van der Waals surface area contributed by atoms with E-state index in [9.17, 15) is 14.4 Å². The summed E-state index contributed by atoms with van der Waals surface area (Å²) in [4.78, 5) is 36.2. The van der Waals surface area contributed by atoms with Crippen LogP contribution in [-0.4, -0.2) is 36.5 Å². The Hall–Kier alpha value is -2.88. The maximum atomic E-state index is 12.3. The van der Waals surface area contributed by atoms with Crippen molar-refractivity contribution in [1.82, 2.24) is 10.2 Å². The molecule has 8 heteroatoms. The van der Waals surface area contributed by atoms with Crippen molar-refractivity contribution in [2.75, 3.05) is 13.7 Å². The number of esters is 1. The van der Waals surface area contributed by atoms with Gasteiger partial charge in [-0.05, 0) is 64.1 Å². The van der Waals surface area contributed by atoms with Gasteiger partial charge in [0.25, 0.3) is 5.91 Å². The number of ether oxygens (including phenoxy) is 2. The minimum Gasteiger partial charge on any atom is -0.489 e. The number of imide groups is 1.